The summed E-state index contributed by atoms with van der Waals surface area (Å²) in [5.41, 5.74) is 0.659. The Kier molecular flexibility index (Phi) is 3.56. The Morgan fingerprint density at radius 2 is 2.50 bits per heavy atom. The van der Waals surface area contributed by atoms with Gasteiger partial charge in [0.05, 0.1) is 11.7 Å². The number of nitrogens with zero attached hydrogens (tertiary/aromatic N) is 2. The summed E-state index contributed by atoms with van der Waals surface area (Å²) in [7, 11) is 1.68. The summed E-state index contributed by atoms with van der Waals surface area (Å²) in [5.74, 6) is 0.0359. The van der Waals surface area contributed by atoms with Crippen LogP contribution in [0.15, 0.2) is 22.9 Å². The fourth-order valence-corrected chi connectivity index (χ4v) is 2.24. The first-order valence-corrected chi connectivity index (χ1v) is 5.93. The van der Waals surface area contributed by atoms with E-state index < -0.39 is 0 Å². The molecule has 4 nitrogen and oxygen atoms in total. The minimum absolute atomic E-state index is 0.0359. The molecule has 86 valence electrons. The molecule has 1 aliphatic heterocycles. The number of ether oxygens (including phenoxy) is 1. The molecule has 0 saturated carbocycles. The lowest BCUT2D eigenvalue weighted by molar-refractivity contribution is 0.0723. The Balaban J connectivity index is 2.12. The SMILES string of the molecule is CO[C@H]1CCN(C(=O)c2ccncc2Br)C1. The largest absolute Gasteiger partial charge is 0.380 e. The zero-order valence-electron chi connectivity index (χ0n) is 9.02. The van der Waals surface area contributed by atoms with Crippen molar-refractivity contribution in [3.05, 3.63) is 28.5 Å². The van der Waals surface area contributed by atoms with Gasteiger partial charge in [-0.15, -0.1) is 0 Å². The normalized spacial score (nSPS) is 20.1. The van der Waals surface area contributed by atoms with Gasteiger partial charge in [0.15, 0.2) is 0 Å². The molecule has 1 amide bonds. The molecule has 1 atom stereocenters. The van der Waals surface area contributed by atoms with E-state index in [4.69, 9.17) is 4.74 Å². The average Bonchev–Trinajstić information content (AvgIpc) is 2.77. The standard InChI is InChI=1S/C11H13BrN2O2/c1-16-8-3-5-14(7-8)11(15)9-2-4-13-6-10(9)12/h2,4,6,8H,3,5,7H2,1H3/t8-/m0/s1. The van der Waals surface area contributed by atoms with Crippen LogP contribution in [0.3, 0.4) is 0 Å². The topological polar surface area (TPSA) is 42.4 Å². The molecular weight excluding hydrogens is 272 g/mol. The molecule has 2 heterocycles. The Bertz CT molecular complexity index is 397. The van der Waals surface area contributed by atoms with Gasteiger partial charge in [0.2, 0.25) is 0 Å². The van der Waals surface area contributed by atoms with Gasteiger partial charge in [0, 0.05) is 37.1 Å². The maximum atomic E-state index is 12.1. The van der Waals surface area contributed by atoms with Crippen LogP contribution >= 0.6 is 15.9 Å². The quantitative estimate of drug-likeness (QED) is 0.830. The summed E-state index contributed by atoms with van der Waals surface area (Å²) >= 11 is 3.33. The third-order valence-electron chi connectivity index (χ3n) is 2.77. The number of hydrogen-bond acceptors (Lipinski definition) is 3. The van der Waals surface area contributed by atoms with Crippen molar-refractivity contribution in [1.82, 2.24) is 9.88 Å². The van der Waals surface area contributed by atoms with Crippen LogP contribution in [0.25, 0.3) is 0 Å². The highest BCUT2D eigenvalue weighted by Gasteiger charge is 2.27. The fourth-order valence-electron chi connectivity index (χ4n) is 1.82. The Morgan fingerprint density at radius 3 is 3.12 bits per heavy atom. The molecule has 1 aromatic rings. The summed E-state index contributed by atoms with van der Waals surface area (Å²) in [6, 6.07) is 1.73. The van der Waals surface area contributed by atoms with Crippen LogP contribution in [-0.2, 0) is 4.74 Å². The van der Waals surface area contributed by atoms with Crippen molar-refractivity contribution in [1.29, 1.82) is 0 Å². The molecule has 5 heteroatoms. The number of rotatable bonds is 2. The van der Waals surface area contributed by atoms with Crippen molar-refractivity contribution in [3.63, 3.8) is 0 Å². The van der Waals surface area contributed by atoms with Crippen molar-refractivity contribution >= 4 is 21.8 Å². The van der Waals surface area contributed by atoms with Gasteiger partial charge < -0.3 is 9.64 Å². The van der Waals surface area contributed by atoms with Crippen LogP contribution in [0, 0.1) is 0 Å². The maximum absolute atomic E-state index is 12.1. The monoisotopic (exact) mass is 284 g/mol. The Morgan fingerprint density at radius 1 is 1.69 bits per heavy atom. The van der Waals surface area contributed by atoms with Gasteiger partial charge in [0.25, 0.3) is 5.91 Å². The number of carbonyl (C=O) groups is 1. The first kappa shape index (κ1) is 11.5. The smallest absolute Gasteiger partial charge is 0.255 e. The first-order valence-electron chi connectivity index (χ1n) is 5.14. The van der Waals surface area contributed by atoms with Gasteiger partial charge in [-0.2, -0.15) is 0 Å². The third kappa shape index (κ3) is 2.25. The van der Waals surface area contributed by atoms with Gasteiger partial charge in [-0.3, -0.25) is 9.78 Å². The minimum atomic E-state index is 0.0359. The number of aromatic nitrogens is 1. The van der Waals surface area contributed by atoms with E-state index in [2.05, 4.69) is 20.9 Å². The third-order valence-corrected chi connectivity index (χ3v) is 3.40. The van der Waals surface area contributed by atoms with Gasteiger partial charge in [0.1, 0.15) is 0 Å². The molecular formula is C11H13BrN2O2. The van der Waals surface area contributed by atoms with E-state index in [1.54, 1.807) is 25.6 Å². The molecule has 1 fully saturated rings. The number of amides is 1. The minimum Gasteiger partial charge on any atom is -0.380 e. The van der Waals surface area contributed by atoms with Crippen LogP contribution in [0.1, 0.15) is 16.8 Å². The highest BCUT2D eigenvalue weighted by molar-refractivity contribution is 9.10. The molecule has 2 rings (SSSR count). The van der Waals surface area contributed by atoms with Crippen LogP contribution in [0.5, 0.6) is 0 Å². The average molecular weight is 285 g/mol. The highest BCUT2D eigenvalue weighted by atomic mass is 79.9. The van der Waals surface area contributed by atoms with Crippen molar-refractivity contribution in [2.24, 2.45) is 0 Å². The molecule has 0 aliphatic carbocycles. The number of methoxy groups -OCH3 is 1. The van der Waals surface area contributed by atoms with Crippen molar-refractivity contribution in [2.75, 3.05) is 20.2 Å². The van der Waals surface area contributed by atoms with Gasteiger partial charge in [-0.1, -0.05) is 0 Å². The summed E-state index contributed by atoms with van der Waals surface area (Å²) in [4.78, 5) is 17.9. The van der Waals surface area contributed by atoms with E-state index in [0.717, 1.165) is 17.4 Å². The van der Waals surface area contributed by atoms with E-state index >= 15 is 0 Å². The van der Waals surface area contributed by atoms with Crippen molar-refractivity contribution in [3.8, 4) is 0 Å². The molecule has 1 aromatic heterocycles. The maximum Gasteiger partial charge on any atom is 0.255 e. The van der Waals surface area contributed by atoms with E-state index in [9.17, 15) is 4.79 Å². The Labute approximate surface area is 103 Å². The molecule has 0 aromatic carbocycles. The lowest BCUT2D eigenvalue weighted by Crippen LogP contribution is -2.30. The molecule has 0 unspecified atom stereocenters. The second-order valence-electron chi connectivity index (χ2n) is 3.75. The van der Waals surface area contributed by atoms with Gasteiger partial charge in [-0.05, 0) is 28.4 Å². The highest BCUT2D eigenvalue weighted by Crippen LogP contribution is 2.20. The van der Waals surface area contributed by atoms with E-state index in [-0.39, 0.29) is 12.0 Å². The first-order chi connectivity index (χ1) is 7.72. The van der Waals surface area contributed by atoms with Crippen LogP contribution in [-0.4, -0.2) is 42.1 Å². The lowest BCUT2D eigenvalue weighted by Gasteiger charge is -2.16. The number of halogens is 1. The molecule has 0 spiro atoms. The van der Waals surface area contributed by atoms with E-state index in [1.165, 1.54) is 0 Å². The van der Waals surface area contributed by atoms with Crippen LogP contribution < -0.4 is 0 Å². The van der Waals surface area contributed by atoms with Crippen molar-refractivity contribution in [2.45, 2.75) is 12.5 Å². The molecule has 1 aliphatic rings. The molecule has 0 N–H and O–H groups in total. The molecule has 0 bridgehead atoms. The second-order valence-corrected chi connectivity index (χ2v) is 4.61. The zero-order valence-corrected chi connectivity index (χ0v) is 10.6. The number of hydrogen-bond donors (Lipinski definition) is 0. The zero-order chi connectivity index (χ0) is 11.5. The van der Waals surface area contributed by atoms with Gasteiger partial charge in [-0.25, -0.2) is 0 Å². The van der Waals surface area contributed by atoms with E-state index in [1.807, 2.05) is 4.90 Å². The Hall–Kier alpha value is -0.940. The summed E-state index contributed by atoms with van der Waals surface area (Å²) in [6.45, 7) is 1.43. The lowest BCUT2D eigenvalue weighted by atomic mass is 10.2. The van der Waals surface area contributed by atoms with Crippen LogP contribution in [0.2, 0.25) is 0 Å². The molecule has 1 saturated heterocycles. The van der Waals surface area contributed by atoms with Gasteiger partial charge >= 0.3 is 0 Å². The summed E-state index contributed by atoms with van der Waals surface area (Å²) < 4.78 is 5.98. The number of pyridine rings is 1. The predicted molar refractivity (Wildman–Crippen MR) is 63.3 cm³/mol. The van der Waals surface area contributed by atoms with E-state index in [0.29, 0.717) is 12.1 Å². The summed E-state index contributed by atoms with van der Waals surface area (Å²) in [6.07, 6.45) is 4.34. The second kappa shape index (κ2) is 4.93. The number of likely N-dealkylation sites (tertiary alicyclic amines) is 1. The van der Waals surface area contributed by atoms with Crippen molar-refractivity contribution < 1.29 is 9.53 Å². The number of carbonyl (C=O) groups excluding carboxylic acids is 1. The fraction of sp³-hybridized carbons (Fsp3) is 0.455. The molecule has 0 radical (unpaired) electrons. The summed E-state index contributed by atoms with van der Waals surface area (Å²) in [5, 5.41) is 0. The van der Waals surface area contributed by atoms with Crippen LogP contribution in [0.4, 0.5) is 0 Å². The molecule has 16 heavy (non-hydrogen) atoms. The predicted octanol–water partition coefficient (Wildman–Crippen LogP) is 1.71.